The van der Waals surface area contributed by atoms with Crippen molar-refractivity contribution in [1.82, 2.24) is 0 Å². The molecule has 102 heavy (non-hydrogen) atoms. The highest BCUT2D eigenvalue weighted by Crippen LogP contribution is 2.45. The van der Waals surface area contributed by atoms with Gasteiger partial charge in [-0.2, -0.15) is 0 Å². The number of allylic oxidation sites excluding steroid dienone is 18. The molecule has 588 valence electrons. The Balaban J connectivity index is 5.38. The van der Waals surface area contributed by atoms with Gasteiger partial charge in [-0.05, 0) is 128 Å². The number of aliphatic hydroxyl groups is 1. The van der Waals surface area contributed by atoms with Crippen molar-refractivity contribution in [2.24, 2.45) is 0 Å². The van der Waals surface area contributed by atoms with Crippen LogP contribution < -0.4 is 0 Å². The first-order valence-corrected chi connectivity index (χ1v) is 43.1. The molecule has 17 nitrogen and oxygen atoms in total. The highest BCUT2D eigenvalue weighted by atomic mass is 31.2. The lowest BCUT2D eigenvalue weighted by molar-refractivity contribution is -0.161. The van der Waals surface area contributed by atoms with Crippen molar-refractivity contribution in [3.8, 4) is 0 Å². The van der Waals surface area contributed by atoms with Crippen molar-refractivity contribution in [3.05, 3.63) is 109 Å². The summed E-state index contributed by atoms with van der Waals surface area (Å²) in [6.45, 7) is 4.64. The van der Waals surface area contributed by atoms with Gasteiger partial charge in [0.2, 0.25) is 0 Å². The molecule has 0 aliphatic rings. The molecule has 0 aromatic heterocycles. The van der Waals surface area contributed by atoms with Crippen molar-refractivity contribution in [2.75, 3.05) is 39.6 Å². The minimum Gasteiger partial charge on any atom is -0.462 e. The predicted molar refractivity (Wildman–Crippen MR) is 418 cm³/mol. The number of rotatable bonds is 75. The maximum atomic E-state index is 13.1. The van der Waals surface area contributed by atoms with Crippen LogP contribution in [0.1, 0.15) is 336 Å². The van der Waals surface area contributed by atoms with E-state index in [1.54, 1.807) is 0 Å². The van der Waals surface area contributed by atoms with E-state index in [1.807, 2.05) is 0 Å². The molecule has 0 aliphatic heterocycles. The summed E-state index contributed by atoms with van der Waals surface area (Å²) < 4.78 is 68.6. The number of carbonyl (C=O) groups is 4. The fourth-order valence-electron chi connectivity index (χ4n) is 10.6. The van der Waals surface area contributed by atoms with Crippen molar-refractivity contribution in [2.45, 2.75) is 354 Å². The monoisotopic (exact) mass is 1470 g/mol. The van der Waals surface area contributed by atoms with E-state index in [4.69, 9.17) is 37.0 Å². The molecule has 0 aromatic carbocycles. The summed E-state index contributed by atoms with van der Waals surface area (Å²) in [6, 6.07) is 0. The summed E-state index contributed by atoms with van der Waals surface area (Å²) in [7, 11) is -9.97. The van der Waals surface area contributed by atoms with Gasteiger partial charge < -0.3 is 33.8 Å². The Morgan fingerprint density at radius 2 is 0.529 bits per heavy atom. The summed E-state index contributed by atoms with van der Waals surface area (Å²) in [5.74, 6) is -2.23. The molecule has 3 N–H and O–H groups in total. The first kappa shape index (κ1) is 97.7. The Bertz CT molecular complexity index is 2360. The number of phosphoric ester groups is 2. The van der Waals surface area contributed by atoms with Gasteiger partial charge >= 0.3 is 39.5 Å². The van der Waals surface area contributed by atoms with Gasteiger partial charge in [0.05, 0.1) is 26.4 Å². The van der Waals surface area contributed by atoms with Crippen LogP contribution in [0.4, 0.5) is 0 Å². The second-order valence-electron chi connectivity index (χ2n) is 26.6. The van der Waals surface area contributed by atoms with Crippen LogP contribution in [0.25, 0.3) is 0 Å². The van der Waals surface area contributed by atoms with Gasteiger partial charge in [-0.3, -0.25) is 37.3 Å². The van der Waals surface area contributed by atoms with Crippen LogP contribution in [0.2, 0.25) is 0 Å². The van der Waals surface area contributed by atoms with Crippen LogP contribution in [0, 0.1) is 0 Å². The Hall–Kier alpha value is -4.28. The SMILES string of the molecule is CC/C=C\C/C=C\C/C=C\C/C=C\C/C=C\CCCCCC(=O)OCC(COP(=O)(O)OCC(O)COP(=O)(O)OCC(COC(=O)CCCCCCC/C=C\C/C=C\CCCCC)OC(=O)CCCCCCC/C=C\C/C=C\CCC)OC(=O)CCCCCCCCCCCCCCCCC. The Kier molecular flexibility index (Phi) is 71.8. The molecule has 0 aromatic rings. The first-order valence-electron chi connectivity index (χ1n) is 40.1. The molecule has 0 radical (unpaired) electrons. The summed E-state index contributed by atoms with van der Waals surface area (Å²) >= 11 is 0. The summed E-state index contributed by atoms with van der Waals surface area (Å²) in [5, 5.41) is 10.6. The highest BCUT2D eigenvalue weighted by molar-refractivity contribution is 7.47. The summed E-state index contributed by atoms with van der Waals surface area (Å²) in [6.07, 6.45) is 80.6. The molecular weight excluding hydrogens is 1330 g/mol. The molecule has 0 heterocycles. The van der Waals surface area contributed by atoms with E-state index in [9.17, 15) is 43.2 Å². The maximum Gasteiger partial charge on any atom is 0.472 e. The smallest absolute Gasteiger partial charge is 0.462 e. The zero-order valence-electron chi connectivity index (χ0n) is 64.3. The molecule has 5 atom stereocenters. The molecule has 0 amide bonds. The number of ether oxygens (including phenoxy) is 4. The van der Waals surface area contributed by atoms with E-state index in [0.29, 0.717) is 25.7 Å². The topological polar surface area (TPSA) is 237 Å². The van der Waals surface area contributed by atoms with Crippen LogP contribution in [-0.4, -0.2) is 96.7 Å². The number of aliphatic hydroxyl groups excluding tert-OH is 1. The Labute approximate surface area is 619 Å². The van der Waals surface area contributed by atoms with Gasteiger partial charge in [-0.1, -0.05) is 291 Å². The average molecular weight is 1480 g/mol. The molecule has 0 saturated heterocycles. The normalized spacial score (nSPS) is 14.5. The number of phosphoric acid groups is 2. The zero-order chi connectivity index (χ0) is 74.6. The predicted octanol–water partition coefficient (Wildman–Crippen LogP) is 23.3. The zero-order valence-corrected chi connectivity index (χ0v) is 66.0. The summed E-state index contributed by atoms with van der Waals surface area (Å²) in [4.78, 5) is 73.0. The fourth-order valence-corrected chi connectivity index (χ4v) is 12.2. The molecule has 0 aliphatic carbocycles. The van der Waals surface area contributed by atoms with Crippen molar-refractivity contribution in [3.63, 3.8) is 0 Å². The maximum absolute atomic E-state index is 13.1. The minimum atomic E-state index is -4.98. The molecule has 0 fully saturated rings. The molecule has 0 bridgehead atoms. The second-order valence-corrected chi connectivity index (χ2v) is 29.5. The van der Waals surface area contributed by atoms with Crippen LogP contribution in [0.3, 0.4) is 0 Å². The lowest BCUT2D eigenvalue weighted by atomic mass is 10.0. The van der Waals surface area contributed by atoms with Crippen LogP contribution in [0.5, 0.6) is 0 Å². The largest absolute Gasteiger partial charge is 0.472 e. The number of unbranched alkanes of at least 4 members (excludes halogenated alkanes) is 31. The first-order chi connectivity index (χ1) is 49.7. The van der Waals surface area contributed by atoms with E-state index in [0.717, 1.165) is 173 Å². The van der Waals surface area contributed by atoms with Gasteiger partial charge in [0.25, 0.3) is 0 Å². The third kappa shape index (κ3) is 74.0. The third-order valence-corrected chi connectivity index (χ3v) is 18.6. The van der Waals surface area contributed by atoms with Gasteiger partial charge in [0.1, 0.15) is 19.3 Å². The van der Waals surface area contributed by atoms with E-state index >= 15 is 0 Å². The van der Waals surface area contributed by atoms with Crippen molar-refractivity contribution < 1.29 is 80.2 Å². The van der Waals surface area contributed by atoms with Gasteiger partial charge in [-0.25, -0.2) is 9.13 Å². The number of hydrogen-bond donors (Lipinski definition) is 3. The van der Waals surface area contributed by atoms with E-state index in [2.05, 4.69) is 137 Å². The number of carbonyl (C=O) groups excluding carboxylic acids is 4. The number of esters is 4. The standard InChI is InChI=1S/C83H144O17P2/c1-5-9-13-17-21-25-29-33-36-37-38-39-42-45-48-52-56-60-64-68-81(86)94-74-79(100-83(88)70-66-62-58-54-50-46-41-35-31-27-23-19-15-11-7-3)76-98-102(91,92)96-72-77(84)71-95-101(89,90)97-75-78(99-82(87)69-65-61-57-53-49-43-32-28-24-20-16-12-8-4)73-93-80(85)67-63-59-55-51-47-44-40-34-30-26-22-18-14-10-6-2/h9,13,16,20-22,25-26,28,32-34,36,38-40,45,48,77-79,84H,5-8,10-12,14-15,17-19,23-24,27,29-31,35,37,41-44,46-47,49-76H2,1-4H3,(H,89,90)(H,91,92)/b13-9-,20-16-,25-21-,26-22-,32-28-,36-33-,39-38-,40-34-,48-45-. The van der Waals surface area contributed by atoms with Crippen LogP contribution >= 0.6 is 15.6 Å². The van der Waals surface area contributed by atoms with E-state index < -0.39 is 97.5 Å². The fraction of sp³-hybridized carbons (Fsp3) is 0.735. The van der Waals surface area contributed by atoms with Crippen LogP contribution in [-0.2, 0) is 65.4 Å². The van der Waals surface area contributed by atoms with E-state index in [1.165, 1.54) is 83.5 Å². The molecule has 5 unspecified atom stereocenters. The van der Waals surface area contributed by atoms with Crippen molar-refractivity contribution >= 4 is 39.5 Å². The van der Waals surface area contributed by atoms with E-state index in [-0.39, 0.29) is 25.7 Å². The van der Waals surface area contributed by atoms with Gasteiger partial charge in [0, 0.05) is 25.7 Å². The second kappa shape index (κ2) is 75.0. The quantitative estimate of drug-likeness (QED) is 0.0169. The molecular formula is C83H144O17P2. The lowest BCUT2D eigenvalue weighted by Crippen LogP contribution is -2.30. The Morgan fingerprint density at radius 1 is 0.284 bits per heavy atom. The average Bonchev–Trinajstić information content (AvgIpc) is 0.924. The molecule has 0 saturated carbocycles. The van der Waals surface area contributed by atoms with Crippen molar-refractivity contribution in [1.29, 1.82) is 0 Å². The lowest BCUT2D eigenvalue weighted by Gasteiger charge is -2.21. The number of hydrogen-bond acceptors (Lipinski definition) is 15. The molecule has 0 spiro atoms. The minimum absolute atomic E-state index is 0.0749. The van der Waals surface area contributed by atoms with Crippen LogP contribution in [0.15, 0.2) is 109 Å². The third-order valence-electron chi connectivity index (χ3n) is 16.7. The summed E-state index contributed by atoms with van der Waals surface area (Å²) in [5.41, 5.74) is 0. The molecule has 0 rings (SSSR count). The van der Waals surface area contributed by atoms with Gasteiger partial charge in [-0.15, -0.1) is 0 Å². The van der Waals surface area contributed by atoms with Gasteiger partial charge in [0.15, 0.2) is 12.2 Å². The highest BCUT2D eigenvalue weighted by Gasteiger charge is 2.30. The Morgan fingerprint density at radius 3 is 0.853 bits per heavy atom. The molecule has 19 heteroatoms.